The Morgan fingerprint density at radius 2 is 2.20 bits per heavy atom. The van der Waals surface area contributed by atoms with Crippen molar-refractivity contribution in [1.29, 1.82) is 0 Å². The third-order valence-electron chi connectivity index (χ3n) is 3.13. The van der Waals surface area contributed by atoms with Gasteiger partial charge in [-0.05, 0) is 18.2 Å². The molecule has 0 radical (unpaired) electrons. The molecule has 1 saturated heterocycles. The highest BCUT2D eigenvalue weighted by Gasteiger charge is 2.15. The fourth-order valence-corrected chi connectivity index (χ4v) is 4.02. The van der Waals surface area contributed by atoms with Crippen molar-refractivity contribution in [3.63, 3.8) is 0 Å². The van der Waals surface area contributed by atoms with E-state index < -0.39 is 0 Å². The van der Waals surface area contributed by atoms with Crippen molar-refractivity contribution in [3.05, 3.63) is 18.2 Å². The topological polar surface area (TPSA) is 71.2 Å². The Morgan fingerprint density at radius 3 is 3.00 bits per heavy atom. The number of fused-ring (bicyclic) bond motifs is 1. The molecule has 1 aromatic heterocycles. The van der Waals surface area contributed by atoms with Crippen LogP contribution in [-0.4, -0.2) is 46.9 Å². The predicted molar refractivity (Wildman–Crippen MR) is 86.4 cm³/mol. The third-order valence-corrected chi connectivity index (χ3v) is 5.01. The van der Waals surface area contributed by atoms with E-state index in [1.54, 1.807) is 0 Å². The lowest BCUT2D eigenvalue weighted by Gasteiger charge is -2.25. The highest BCUT2D eigenvalue weighted by Crippen LogP contribution is 2.27. The van der Waals surface area contributed by atoms with Gasteiger partial charge in [-0.2, -0.15) is 11.8 Å². The van der Waals surface area contributed by atoms with Crippen molar-refractivity contribution >= 4 is 50.0 Å². The smallest absolute Gasteiger partial charge is 0.240 e. The van der Waals surface area contributed by atoms with Crippen LogP contribution in [-0.2, 0) is 4.79 Å². The average molecular weight is 308 g/mol. The number of hydrogen-bond donors (Lipinski definition) is 2. The first-order valence-electron chi connectivity index (χ1n) is 6.47. The first-order chi connectivity index (χ1) is 9.70. The van der Waals surface area contributed by atoms with Crippen molar-refractivity contribution in [2.24, 2.45) is 0 Å². The second-order valence-corrected chi connectivity index (χ2v) is 6.94. The Balaban J connectivity index is 1.64. The standard InChI is InChI=1S/C13H16N4OS2/c14-9-1-2-10-11(7-9)20-13(15-10)16-12(18)8-17-3-5-19-6-4-17/h1-2,7H,3-6,8,14H2,(H,15,16,18). The molecule has 0 unspecified atom stereocenters. The van der Waals surface area contributed by atoms with Crippen LogP contribution < -0.4 is 11.1 Å². The van der Waals surface area contributed by atoms with Crippen LogP contribution in [0.5, 0.6) is 0 Å². The highest BCUT2D eigenvalue weighted by molar-refractivity contribution is 7.99. The van der Waals surface area contributed by atoms with E-state index in [4.69, 9.17) is 5.73 Å². The van der Waals surface area contributed by atoms with Crippen molar-refractivity contribution in [2.45, 2.75) is 0 Å². The lowest BCUT2D eigenvalue weighted by molar-refractivity contribution is -0.117. The molecule has 0 aliphatic carbocycles. The molecule has 3 N–H and O–H groups in total. The Labute approximate surface area is 125 Å². The molecule has 1 fully saturated rings. The van der Waals surface area contributed by atoms with Crippen LogP contribution in [0.25, 0.3) is 10.2 Å². The summed E-state index contributed by atoms with van der Waals surface area (Å²) in [5.74, 6) is 2.21. The number of benzene rings is 1. The summed E-state index contributed by atoms with van der Waals surface area (Å²) in [4.78, 5) is 18.6. The van der Waals surface area contributed by atoms with Gasteiger partial charge in [0.1, 0.15) is 0 Å². The molecular weight excluding hydrogens is 292 g/mol. The molecule has 0 bridgehead atoms. The van der Waals surface area contributed by atoms with Crippen molar-refractivity contribution < 1.29 is 4.79 Å². The molecule has 5 nitrogen and oxygen atoms in total. The Kier molecular flexibility index (Phi) is 4.09. The number of anilines is 2. The molecule has 0 atom stereocenters. The van der Waals surface area contributed by atoms with Crippen molar-refractivity contribution in [3.8, 4) is 0 Å². The van der Waals surface area contributed by atoms with Gasteiger partial charge in [0.15, 0.2) is 5.13 Å². The number of nitrogen functional groups attached to an aromatic ring is 1. The molecule has 106 valence electrons. The summed E-state index contributed by atoms with van der Waals surface area (Å²) >= 11 is 3.39. The van der Waals surface area contributed by atoms with Gasteiger partial charge < -0.3 is 11.1 Å². The summed E-state index contributed by atoms with van der Waals surface area (Å²) in [6, 6.07) is 5.57. The SMILES string of the molecule is Nc1ccc2nc(NC(=O)CN3CCSCC3)sc2c1. The number of nitrogens with two attached hydrogens (primary N) is 1. The second-order valence-electron chi connectivity index (χ2n) is 4.68. The van der Waals surface area contributed by atoms with E-state index in [9.17, 15) is 4.79 Å². The molecule has 1 aromatic carbocycles. The van der Waals surface area contributed by atoms with Crippen LogP contribution in [0.4, 0.5) is 10.8 Å². The lowest BCUT2D eigenvalue weighted by atomic mass is 10.3. The van der Waals surface area contributed by atoms with Crippen LogP contribution in [0.2, 0.25) is 0 Å². The van der Waals surface area contributed by atoms with Gasteiger partial charge >= 0.3 is 0 Å². The number of hydrogen-bond acceptors (Lipinski definition) is 6. The van der Waals surface area contributed by atoms with Gasteiger partial charge in [0, 0.05) is 30.3 Å². The maximum absolute atomic E-state index is 12.0. The van der Waals surface area contributed by atoms with E-state index in [0.29, 0.717) is 17.4 Å². The number of rotatable bonds is 3. The number of carbonyl (C=O) groups is 1. The zero-order chi connectivity index (χ0) is 13.9. The van der Waals surface area contributed by atoms with Crippen LogP contribution in [0.15, 0.2) is 18.2 Å². The zero-order valence-corrected chi connectivity index (χ0v) is 12.6. The summed E-state index contributed by atoms with van der Waals surface area (Å²) in [6.45, 7) is 2.40. The monoisotopic (exact) mass is 308 g/mol. The molecule has 20 heavy (non-hydrogen) atoms. The van der Waals surface area contributed by atoms with E-state index in [-0.39, 0.29) is 5.91 Å². The third kappa shape index (κ3) is 3.23. The van der Waals surface area contributed by atoms with Crippen molar-refractivity contribution in [1.82, 2.24) is 9.88 Å². The van der Waals surface area contributed by atoms with E-state index >= 15 is 0 Å². The zero-order valence-electron chi connectivity index (χ0n) is 11.0. The molecule has 1 aliphatic rings. The summed E-state index contributed by atoms with van der Waals surface area (Å²) in [6.07, 6.45) is 0. The maximum atomic E-state index is 12.0. The largest absolute Gasteiger partial charge is 0.399 e. The fourth-order valence-electron chi connectivity index (χ4n) is 2.12. The number of thioether (sulfide) groups is 1. The number of nitrogens with one attached hydrogen (secondary N) is 1. The van der Waals surface area contributed by atoms with E-state index in [0.717, 1.165) is 34.8 Å². The maximum Gasteiger partial charge on any atom is 0.240 e. The number of nitrogens with zero attached hydrogens (tertiary/aromatic N) is 2. The lowest BCUT2D eigenvalue weighted by Crippen LogP contribution is -2.38. The predicted octanol–water partition coefficient (Wildman–Crippen LogP) is 1.87. The molecule has 0 saturated carbocycles. The van der Waals surface area contributed by atoms with Gasteiger partial charge in [-0.25, -0.2) is 4.98 Å². The van der Waals surface area contributed by atoms with Gasteiger partial charge in [0.05, 0.1) is 16.8 Å². The molecule has 0 spiro atoms. The van der Waals surface area contributed by atoms with E-state index in [1.165, 1.54) is 11.3 Å². The molecule has 1 amide bonds. The van der Waals surface area contributed by atoms with Gasteiger partial charge in [-0.1, -0.05) is 11.3 Å². The molecule has 2 aromatic rings. The fraction of sp³-hybridized carbons (Fsp3) is 0.385. The van der Waals surface area contributed by atoms with Crippen LogP contribution in [0.3, 0.4) is 0 Å². The van der Waals surface area contributed by atoms with Crippen LogP contribution in [0, 0.1) is 0 Å². The van der Waals surface area contributed by atoms with E-state index in [2.05, 4.69) is 15.2 Å². The normalized spacial score (nSPS) is 16.4. The Hall–Kier alpha value is -1.31. The molecule has 7 heteroatoms. The van der Waals surface area contributed by atoms with Gasteiger partial charge in [-0.3, -0.25) is 9.69 Å². The Bertz CT molecular complexity index is 622. The Morgan fingerprint density at radius 1 is 1.40 bits per heavy atom. The quantitative estimate of drug-likeness (QED) is 0.847. The first kappa shape index (κ1) is 13.7. The molecular formula is C13H16N4OS2. The number of amides is 1. The highest BCUT2D eigenvalue weighted by atomic mass is 32.2. The summed E-state index contributed by atoms with van der Waals surface area (Å²) < 4.78 is 0.995. The average Bonchev–Trinajstić information content (AvgIpc) is 2.80. The minimum Gasteiger partial charge on any atom is -0.399 e. The minimum atomic E-state index is 0.00364. The van der Waals surface area contributed by atoms with Gasteiger partial charge in [0.25, 0.3) is 0 Å². The summed E-state index contributed by atoms with van der Waals surface area (Å²) in [7, 11) is 0. The summed E-state index contributed by atoms with van der Waals surface area (Å²) in [5.41, 5.74) is 7.32. The first-order valence-corrected chi connectivity index (χ1v) is 8.44. The molecule has 3 rings (SSSR count). The molecule has 2 heterocycles. The van der Waals surface area contributed by atoms with Gasteiger partial charge in [-0.15, -0.1) is 0 Å². The summed E-state index contributed by atoms with van der Waals surface area (Å²) in [5, 5.41) is 3.52. The molecule has 1 aliphatic heterocycles. The van der Waals surface area contributed by atoms with Crippen LogP contribution in [0.1, 0.15) is 0 Å². The van der Waals surface area contributed by atoms with Gasteiger partial charge in [0.2, 0.25) is 5.91 Å². The van der Waals surface area contributed by atoms with Crippen LogP contribution >= 0.6 is 23.1 Å². The van der Waals surface area contributed by atoms with Crippen molar-refractivity contribution in [2.75, 3.05) is 42.2 Å². The number of carbonyl (C=O) groups excluding carboxylic acids is 1. The number of thiazole rings is 1. The second kappa shape index (κ2) is 5.99. The van der Waals surface area contributed by atoms with E-state index in [1.807, 2.05) is 30.0 Å². The minimum absolute atomic E-state index is 0.00364. The number of aromatic nitrogens is 1.